The zero-order valence-electron chi connectivity index (χ0n) is 9.28. The monoisotopic (exact) mass is 232 g/mol. The third-order valence-electron chi connectivity index (χ3n) is 2.43. The van der Waals surface area contributed by atoms with Gasteiger partial charge in [-0.3, -0.25) is 0 Å². The van der Waals surface area contributed by atoms with Crippen molar-refractivity contribution >= 4 is 5.69 Å². The van der Waals surface area contributed by atoms with Crippen molar-refractivity contribution in [2.45, 2.75) is 19.5 Å². The molecule has 0 fully saturated rings. The highest BCUT2D eigenvalue weighted by atomic mass is 19.4. The fraction of sp³-hybridized carbons (Fsp3) is 0.455. The molecule has 0 aliphatic carbocycles. The van der Waals surface area contributed by atoms with Crippen LogP contribution in [-0.4, -0.2) is 13.6 Å². The number of likely N-dealkylation sites (N-methyl/N-ethyl adjacent to an activating group) is 1. The zero-order valence-corrected chi connectivity index (χ0v) is 9.28. The van der Waals surface area contributed by atoms with Crippen LogP contribution in [-0.2, 0) is 12.6 Å². The molecule has 0 unspecified atom stereocenters. The Morgan fingerprint density at radius 3 is 2.44 bits per heavy atom. The highest BCUT2D eigenvalue weighted by molar-refractivity contribution is 5.50. The Bertz CT molecular complexity index is 372. The summed E-state index contributed by atoms with van der Waals surface area (Å²) in [5.41, 5.74) is 5.87. The fourth-order valence-electron chi connectivity index (χ4n) is 1.68. The summed E-state index contributed by atoms with van der Waals surface area (Å²) in [5, 5.41) is 2.84. The molecular formula is C11H15F3N2. The molecule has 5 heteroatoms. The predicted octanol–water partition coefficient (Wildman–Crippen LogP) is 2.36. The van der Waals surface area contributed by atoms with E-state index in [2.05, 4.69) is 5.32 Å². The van der Waals surface area contributed by atoms with E-state index in [1.807, 2.05) is 0 Å². The molecule has 3 N–H and O–H groups in total. The standard InChI is InChI=1S/C11H15F3N2/c1-7-5-8(15)6-10(11(12,13)14)9(7)3-4-16-2/h5-6,16H,3-4,15H2,1-2H3. The number of nitrogens with one attached hydrogen (secondary N) is 1. The molecule has 2 nitrogen and oxygen atoms in total. The number of anilines is 1. The maximum atomic E-state index is 12.8. The summed E-state index contributed by atoms with van der Waals surface area (Å²) in [6.07, 6.45) is -4.00. The second-order valence-electron chi connectivity index (χ2n) is 3.72. The minimum atomic E-state index is -4.34. The molecule has 1 aromatic carbocycles. The van der Waals surface area contributed by atoms with Gasteiger partial charge in [0.25, 0.3) is 0 Å². The van der Waals surface area contributed by atoms with Gasteiger partial charge in [-0.05, 0) is 50.2 Å². The Morgan fingerprint density at radius 2 is 1.94 bits per heavy atom. The Hall–Kier alpha value is -1.23. The van der Waals surface area contributed by atoms with Crippen LogP contribution < -0.4 is 11.1 Å². The molecule has 0 amide bonds. The molecule has 16 heavy (non-hydrogen) atoms. The van der Waals surface area contributed by atoms with Crippen molar-refractivity contribution in [3.05, 3.63) is 28.8 Å². The Balaban J connectivity index is 3.21. The molecule has 1 rings (SSSR count). The normalized spacial score (nSPS) is 11.8. The van der Waals surface area contributed by atoms with Crippen LogP contribution >= 0.6 is 0 Å². The molecule has 0 atom stereocenters. The molecular weight excluding hydrogens is 217 g/mol. The maximum Gasteiger partial charge on any atom is 0.416 e. The van der Waals surface area contributed by atoms with E-state index >= 15 is 0 Å². The Kier molecular flexibility index (Phi) is 3.80. The van der Waals surface area contributed by atoms with E-state index in [1.165, 1.54) is 0 Å². The molecule has 1 aromatic rings. The number of aryl methyl sites for hydroxylation is 1. The lowest BCUT2D eigenvalue weighted by molar-refractivity contribution is -0.138. The average Bonchev–Trinajstić information content (AvgIpc) is 2.14. The van der Waals surface area contributed by atoms with Gasteiger partial charge in [0.15, 0.2) is 0 Å². The van der Waals surface area contributed by atoms with Crippen LogP contribution in [0.2, 0.25) is 0 Å². The van der Waals surface area contributed by atoms with Crippen LogP contribution in [0.4, 0.5) is 18.9 Å². The van der Waals surface area contributed by atoms with Gasteiger partial charge in [0.1, 0.15) is 0 Å². The van der Waals surface area contributed by atoms with Crippen molar-refractivity contribution in [3.63, 3.8) is 0 Å². The van der Waals surface area contributed by atoms with Gasteiger partial charge in [-0.15, -0.1) is 0 Å². The van der Waals surface area contributed by atoms with Crippen LogP contribution in [0.1, 0.15) is 16.7 Å². The van der Waals surface area contributed by atoms with Crippen LogP contribution in [0.25, 0.3) is 0 Å². The number of benzene rings is 1. The van der Waals surface area contributed by atoms with E-state index in [4.69, 9.17) is 5.73 Å². The van der Waals surface area contributed by atoms with Crippen LogP contribution in [0.3, 0.4) is 0 Å². The first-order valence-electron chi connectivity index (χ1n) is 4.97. The quantitative estimate of drug-likeness (QED) is 0.785. The summed E-state index contributed by atoms with van der Waals surface area (Å²) in [4.78, 5) is 0. The maximum absolute atomic E-state index is 12.8. The molecule has 0 bridgehead atoms. The van der Waals surface area contributed by atoms with Gasteiger partial charge in [0, 0.05) is 5.69 Å². The number of hydrogen-bond acceptors (Lipinski definition) is 2. The van der Waals surface area contributed by atoms with Crippen molar-refractivity contribution in [2.24, 2.45) is 0 Å². The molecule has 0 aromatic heterocycles. The lowest BCUT2D eigenvalue weighted by Gasteiger charge is -2.16. The van der Waals surface area contributed by atoms with Crippen molar-refractivity contribution in [3.8, 4) is 0 Å². The number of nitrogen functional groups attached to an aromatic ring is 1. The summed E-state index contributed by atoms with van der Waals surface area (Å²) >= 11 is 0. The van der Waals surface area contributed by atoms with E-state index < -0.39 is 11.7 Å². The van der Waals surface area contributed by atoms with Crippen LogP contribution in [0, 0.1) is 6.92 Å². The molecule has 0 aliphatic rings. The van der Waals surface area contributed by atoms with Crippen molar-refractivity contribution in [1.82, 2.24) is 5.32 Å². The third kappa shape index (κ3) is 2.88. The number of halogens is 3. The summed E-state index contributed by atoms with van der Waals surface area (Å²) < 4.78 is 38.3. The van der Waals surface area contributed by atoms with Gasteiger partial charge >= 0.3 is 6.18 Å². The van der Waals surface area contributed by atoms with Crippen LogP contribution in [0.5, 0.6) is 0 Å². The average molecular weight is 232 g/mol. The van der Waals surface area contributed by atoms with Gasteiger partial charge in [0.2, 0.25) is 0 Å². The minimum Gasteiger partial charge on any atom is -0.399 e. The van der Waals surface area contributed by atoms with Gasteiger partial charge in [-0.25, -0.2) is 0 Å². The second kappa shape index (κ2) is 4.74. The largest absolute Gasteiger partial charge is 0.416 e. The van der Waals surface area contributed by atoms with E-state index in [-0.39, 0.29) is 5.69 Å². The topological polar surface area (TPSA) is 38.0 Å². The van der Waals surface area contributed by atoms with Crippen molar-refractivity contribution < 1.29 is 13.2 Å². The third-order valence-corrected chi connectivity index (χ3v) is 2.43. The lowest BCUT2D eigenvalue weighted by atomic mass is 9.97. The Labute approximate surface area is 92.6 Å². The molecule has 90 valence electrons. The molecule has 0 spiro atoms. The van der Waals surface area contributed by atoms with Gasteiger partial charge in [-0.2, -0.15) is 13.2 Å². The fourth-order valence-corrected chi connectivity index (χ4v) is 1.68. The SMILES string of the molecule is CNCCc1c(C)cc(N)cc1C(F)(F)F. The molecule has 0 radical (unpaired) electrons. The summed E-state index contributed by atoms with van der Waals surface area (Å²) in [7, 11) is 1.71. The van der Waals surface area contributed by atoms with E-state index in [9.17, 15) is 13.2 Å². The highest BCUT2D eigenvalue weighted by Gasteiger charge is 2.33. The van der Waals surface area contributed by atoms with E-state index in [1.54, 1.807) is 20.0 Å². The van der Waals surface area contributed by atoms with Crippen LogP contribution in [0.15, 0.2) is 12.1 Å². The summed E-state index contributed by atoms with van der Waals surface area (Å²) in [6, 6.07) is 2.57. The lowest BCUT2D eigenvalue weighted by Crippen LogP contribution is -2.16. The van der Waals surface area contributed by atoms with Gasteiger partial charge < -0.3 is 11.1 Å². The Morgan fingerprint density at radius 1 is 1.31 bits per heavy atom. The van der Waals surface area contributed by atoms with Gasteiger partial charge in [0.05, 0.1) is 5.56 Å². The number of hydrogen-bond donors (Lipinski definition) is 2. The first-order valence-corrected chi connectivity index (χ1v) is 4.97. The smallest absolute Gasteiger partial charge is 0.399 e. The summed E-state index contributed by atoms with van der Waals surface area (Å²) in [5.74, 6) is 0. The minimum absolute atomic E-state index is 0.151. The number of nitrogens with two attached hydrogens (primary N) is 1. The second-order valence-corrected chi connectivity index (χ2v) is 3.72. The zero-order chi connectivity index (χ0) is 12.3. The predicted molar refractivity (Wildman–Crippen MR) is 58.2 cm³/mol. The van der Waals surface area contributed by atoms with Crippen molar-refractivity contribution in [2.75, 3.05) is 19.3 Å². The van der Waals surface area contributed by atoms with E-state index in [0.29, 0.717) is 24.1 Å². The number of alkyl halides is 3. The first kappa shape index (κ1) is 12.8. The van der Waals surface area contributed by atoms with Gasteiger partial charge in [-0.1, -0.05) is 0 Å². The molecule has 0 heterocycles. The molecule has 0 saturated heterocycles. The first-order chi connectivity index (χ1) is 7.36. The van der Waals surface area contributed by atoms with Crippen molar-refractivity contribution in [1.29, 1.82) is 0 Å². The number of rotatable bonds is 3. The highest BCUT2D eigenvalue weighted by Crippen LogP contribution is 2.35. The molecule has 0 aliphatic heterocycles. The van der Waals surface area contributed by atoms with E-state index in [0.717, 1.165) is 6.07 Å². The molecule has 0 saturated carbocycles. The summed E-state index contributed by atoms with van der Waals surface area (Å²) in [6.45, 7) is 2.16.